The summed E-state index contributed by atoms with van der Waals surface area (Å²) >= 11 is 0. The summed E-state index contributed by atoms with van der Waals surface area (Å²) in [5, 5.41) is 0.796. The van der Waals surface area contributed by atoms with E-state index in [1.807, 2.05) is 4.90 Å². The molecule has 4 heteroatoms. The largest absolute Gasteiger partial charge is 0.339 e. The number of nitrogens with zero attached hydrogens (tertiary/aromatic N) is 2. The van der Waals surface area contributed by atoms with Gasteiger partial charge in [0.1, 0.15) is 5.82 Å². The van der Waals surface area contributed by atoms with Crippen LogP contribution in [0.2, 0.25) is 0 Å². The van der Waals surface area contributed by atoms with Crippen LogP contribution >= 0.6 is 0 Å². The van der Waals surface area contributed by atoms with Crippen LogP contribution in [0, 0.1) is 5.82 Å². The Morgan fingerprint density at radius 2 is 1.95 bits per heavy atom. The standard InChI is InChI=1S/C15H15FN2O/c16-13-5-4-11-8-12(10-17-14(11)9-13)15(19)18-6-2-1-3-7-18/h4-5,8-10H,1-3,6-7H2. The molecule has 0 radical (unpaired) electrons. The van der Waals surface area contributed by atoms with Gasteiger partial charge in [0.25, 0.3) is 5.91 Å². The molecule has 0 aliphatic carbocycles. The van der Waals surface area contributed by atoms with Gasteiger partial charge in [0, 0.05) is 30.7 Å². The van der Waals surface area contributed by atoms with Gasteiger partial charge in [-0.1, -0.05) is 0 Å². The second kappa shape index (κ2) is 4.96. The molecule has 3 nitrogen and oxygen atoms in total. The molecular formula is C15H15FN2O. The number of carbonyl (C=O) groups is 1. The topological polar surface area (TPSA) is 33.2 Å². The molecule has 0 bridgehead atoms. The molecule has 3 rings (SSSR count). The third-order valence-electron chi connectivity index (χ3n) is 3.54. The SMILES string of the molecule is O=C(c1cnc2cc(F)ccc2c1)N1CCCCC1. The molecule has 0 unspecified atom stereocenters. The number of hydrogen-bond donors (Lipinski definition) is 0. The van der Waals surface area contributed by atoms with E-state index in [2.05, 4.69) is 4.98 Å². The van der Waals surface area contributed by atoms with E-state index < -0.39 is 0 Å². The first-order valence-electron chi connectivity index (χ1n) is 6.59. The lowest BCUT2D eigenvalue weighted by molar-refractivity contribution is 0.0724. The van der Waals surface area contributed by atoms with Crippen molar-refractivity contribution in [1.82, 2.24) is 9.88 Å². The Bertz CT molecular complexity index is 621. The molecule has 0 N–H and O–H groups in total. The first-order valence-corrected chi connectivity index (χ1v) is 6.59. The van der Waals surface area contributed by atoms with Gasteiger partial charge in [-0.2, -0.15) is 0 Å². The fourth-order valence-corrected chi connectivity index (χ4v) is 2.49. The third-order valence-corrected chi connectivity index (χ3v) is 3.54. The van der Waals surface area contributed by atoms with Crippen LogP contribution in [-0.4, -0.2) is 28.9 Å². The highest BCUT2D eigenvalue weighted by atomic mass is 19.1. The predicted molar refractivity (Wildman–Crippen MR) is 71.5 cm³/mol. The van der Waals surface area contributed by atoms with Crippen LogP contribution in [-0.2, 0) is 0 Å². The van der Waals surface area contributed by atoms with Crippen molar-refractivity contribution in [2.24, 2.45) is 0 Å². The van der Waals surface area contributed by atoms with Crippen LogP contribution in [0.4, 0.5) is 4.39 Å². The minimum atomic E-state index is -0.310. The van der Waals surface area contributed by atoms with Crippen molar-refractivity contribution in [3.8, 4) is 0 Å². The van der Waals surface area contributed by atoms with Crippen LogP contribution in [0.15, 0.2) is 30.5 Å². The summed E-state index contributed by atoms with van der Waals surface area (Å²) in [7, 11) is 0. The lowest BCUT2D eigenvalue weighted by atomic mass is 10.1. The number of halogens is 1. The van der Waals surface area contributed by atoms with E-state index >= 15 is 0 Å². The van der Waals surface area contributed by atoms with Crippen molar-refractivity contribution >= 4 is 16.8 Å². The van der Waals surface area contributed by atoms with E-state index in [0.29, 0.717) is 11.1 Å². The van der Waals surface area contributed by atoms with E-state index in [1.54, 1.807) is 18.3 Å². The van der Waals surface area contributed by atoms with E-state index in [0.717, 1.165) is 31.3 Å². The zero-order valence-corrected chi connectivity index (χ0v) is 10.6. The third kappa shape index (κ3) is 2.43. The van der Waals surface area contributed by atoms with Crippen molar-refractivity contribution in [3.05, 3.63) is 41.8 Å². The maximum Gasteiger partial charge on any atom is 0.255 e. The highest BCUT2D eigenvalue weighted by molar-refractivity contribution is 5.97. The zero-order chi connectivity index (χ0) is 13.2. The molecule has 19 heavy (non-hydrogen) atoms. The number of benzene rings is 1. The Labute approximate surface area is 111 Å². The van der Waals surface area contributed by atoms with Crippen molar-refractivity contribution in [3.63, 3.8) is 0 Å². The lowest BCUT2D eigenvalue weighted by Gasteiger charge is -2.26. The summed E-state index contributed by atoms with van der Waals surface area (Å²) in [5.74, 6) is -0.284. The molecular weight excluding hydrogens is 243 g/mol. The van der Waals surface area contributed by atoms with Crippen LogP contribution in [0.5, 0.6) is 0 Å². The van der Waals surface area contributed by atoms with Gasteiger partial charge in [0.05, 0.1) is 11.1 Å². The monoisotopic (exact) mass is 258 g/mol. The average Bonchev–Trinajstić information content (AvgIpc) is 2.47. The van der Waals surface area contributed by atoms with Gasteiger partial charge in [-0.15, -0.1) is 0 Å². The summed E-state index contributed by atoms with van der Waals surface area (Å²) in [4.78, 5) is 18.4. The molecule has 2 aromatic rings. The normalized spacial score (nSPS) is 15.7. The molecule has 98 valence electrons. The van der Waals surface area contributed by atoms with Crippen molar-refractivity contribution in [1.29, 1.82) is 0 Å². The van der Waals surface area contributed by atoms with Crippen molar-refractivity contribution in [2.75, 3.05) is 13.1 Å². The Kier molecular flexibility index (Phi) is 3.15. The molecule has 1 aromatic heterocycles. The fourth-order valence-electron chi connectivity index (χ4n) is 2.49. The van der Waals surface area contributed by atoms with Gasteiger partial charge in [-0.05, 0) is 37.5 Å². The maximum atomic E-state index is 13.1. The number of likely N-dealkylation sites (tertiary alicyclic amines) is 1. The van der Waals surface area contributed by atoms with Gasteiger partial charge in [0.15, 0.2) is 0 Å². The number of amides is 1. The van der Waals surface area contributed by atoms with Gasteiger partial charge in [-0.25, -0.2) is 4.39 Å². The molecule has 1 amide bonds. The fraction of sp³-hybridized carbons (Fsp3) is 0.333. The Morgan fingerprint density at radius 1 is 1.16 bits per heavy atom. The molecule has 0 atom stereocenters. The molecule has 1 saturated heterocycles. The summed E-state index contributed by atoms with van der Waals surface area (Å²) in [6.45, 7) is 1.64. The number of hydrogen-bond acceptors (Lipinski definition) is 2. The first-order chi connectivity index (χ1) is 9.24. The van der Waals surface area contributed by atoms with Crippen LogP contribution in [0.1, 0.15) is 29.6 Å². The van der Waals surface area contributed by atoms with E-state index in [9.17, 15) is 9.18 Å². The second-order valence-corrected chi connectivity index (χ2v) is 4.91. The summed E-state index contributed by atoms with van der Waals surface area (Å²) in [5.41, 5.74) is 1.16. The smallest absolute Gasteiger partial charge is 0.255 e. The van der Waals surface area contributed by atoms with Gasteiger partial charge < -0.3 is 4.90 Å². The molecule has 0 spiro atoms. The Morgan fingerprint density at radius 3 is 2.74 bits per heavy atom. The minimum Gasteiger partial charge on any atom is -0.339 e. The maximum absolute atomic E-state index is 13.1. The number of piperidine rings is 1. The second-order valence-electron chi connectivity index (χ2n) is 4.91. The first kappa shape index (κ1) is 12.1. The zero-order valence-electron chi connectivity index (χ0n) is 10.6. The van der Waals surface area contributed by atoms with Crippen molar-refractivity contribution < 1.29 is 9.18 Å². The van der Waals surface area contributed by atoms with Gasteiger partial charge >= 0.3 is 0 Å². The van der Waals surface area contributed by atoms with E-state index in [1.165, 1.54) is 18.6 Å². The molecule has 0 saturated carbocycles. The Hall–Kier alpha value is -1.97. The van der Waals surface area contributed by atoms with Crippen LogP contribution in [0.3, 0.4) is 0 Å². The van der Waals surface area contributed by atoms with Gasteiger partial charge in [0.2, 0.25) is 0 Å². The molecule has 2 heterocycles. The van der Waals surface area contributed by atoms with Crippen molar-refractivity contribution in [2.45, 2.75) is 19.3 Å². The number of fused-ring (bicyclic) bond motifs is 1. The number of pyridine rings is 1. The van der Waals surface area contributed by atoms with Crippen LogP contribution in [0.25, 0.3) is 10.9 Å². The number of rotatable bonds is 1. The quantitative estimate of drug-likeness (QED) is 0.787. The molecule has 1 aliphatic rings. The average molecular weight is 258 g/mol. The highest BCUT2D eigenvalue weighted by Crippen LogP contribution is 2.17. The van der Waals surface area contributed by atoms with Gasteiger partial charge in [-0.3, -0.25) is 9.78 Å². The molecule has 1 fully saturated rings. The number of aromatic nitrogens is 1. The summed E-state index contributed by atoms with van der Waals surface area (Å²) in [6, 6.07) is 6.22. The van der Waals surface area contributed by atoms with E-state index in [-0.39, 0.29) is 11.7 Å². The summed E-state index contributed by atoms with van der Waals surface area (Å²) in [6.07, 6.45) is 4.87. The minimum absolute atomic E-state index is 0.0263. The summed E-state index contributed by atoms with van der Waals surface area (Å²) < 4.78 is 13.1. The molecule has 1 aromatic carbocycles. The molecule has 1 aliphatic heterocycles. The highest BCUT2D eigenvalue weighted by Gasteiger charge is 2.18. The van der Waals surface area contributed by atoms with E-state index in [4.69, 9.17) is 0 Å². The van der Waals surface area contributed by atoms with Crippen LogP contribution < -0.4 is 0 Å². The number of carbonyl (C=O) groups excluding carboxylic acids is 1. The lowest BCUT2D eigenvalue weighted by Crippen LogP contribution is -2.35. The predicted octanol–water partition coefficient (Wildman–Crippen LogP) is 3.00. The Balaban J connectivity index is 1.92.